The molecule has 1 aliphatic heterocycles. The number of rotatable bonds is 3. The first-order chi connectivity index (χ1) is 12.7. The van der Waals surface area contributed by atoms with Crippen molar-refractivity contribution >= 4 is 29.4 Å². The van der Waals surface area contributed by atoms with Gasteiger partial charge < -0.3 is 14.6 Å². The number of carbonyl (C=O) groups excluding carboxylic acids is 1. The number of nitrogens with one attached hydrogen (secondary N) is 1. The fourth-order valence-corrected chi connectivity index (χ4v) is 3.20. The number of furan rings is 1. The highest BCUT2D eigenvalue weighted by Gasteiger charge is 2.18. The molecule has 4 nitrogen and oxygen atoms in total. The summed E-state index contributed by atoms with van der Waals surface area (Å²) in [6.07, 6.45) is 5.86. The van der Waals surface area contributed by atoms with E-state index in [-0.39, 0.29) is 5.91 Å². The first kappa shape index (κ1) is 16.2. The van der Waals surface area contributed by atoms with Gasteiger partial charge >= 0.3 is 0 Å². The predicted molar refractivity (Wildman–Crippen MR) is 105 cm³/mol. The summed E-state index contributed by atoms with van der Waals surface area (Å²) in [6.45, 7) is 2.81. The van der Waals surface area contributed by atoms with E-state index in [0.717, 1.165) is 33.8 Å². The average molecular weight is 344 g/mol. The van der Waals surface area contributed by atoms with E-state index in [1.165, 1.54) is 0 Å². The van der Waals surface area contributed by atoms with Crippen molar-refractivity contribution in [2.75, 3.05) is 10.2 Å². The number of amides is 1. The molecule has 1 aliphatic rings. The number of nitrogens with zero attached hydrogens (tertiary/aromatic N) is 1. The molecule has 0 saturated heterocycles. The first-order valence-electron chi connectivity index (χ1n) is 8.65. The van der Waals surface area contributed by atoms with Gasteiger partial charge in [-0.1, -0.05) is 36.4 Å². The van der Waals surface area contributed by atoms with Gasteiger partial charge in [0.15, 0.2) is 0 Å². The van der Waals surface area contributed by atoms with Crippen LogP contribution in [-0.4, -0.2) is 5.91 Å². The van der Waals surface area contributed by atoms with Crippen LogP contribution in [-0.2, 0) is 17.9 Å². The molecule has 0 fully saturated rings. The van der Waals surface area contributed by atoms with Crippen molar-refractivity contribution in [2.24, 2.45) is 0 Å². The van der Waals surface area contributed by atoms with E-state index in [1.807, 2.05) is 47.4 Å². The maximum Gasteiger partial charge on any atom is 0.224 e. The molecule has 0 unspecified atom stereocenters. The number of anilines is 2. The lowest BCUT2D eigenvalue weighted by Gasteiger charge is -2.26. The molecule has 1 aromatic heterocycles. The molecular weight excluding hydrogens is 324 g/mol. The fraction of sp³-hybridized carbons (Fsp3) is 0.136. The van der Waals surface area contributed by atoms with Gasteiger partial charge in [-0.15, -0.1) is 0 Å². The van der Waals surface area contributed by atoms with E-state index in [9.17, 15) is 4.79 Å². The van der Waals surface area contributed by atoms with Gasteiger partial charge in [-0.25, -0.2) is 0 Å². The van der Waals surface area contributed by atoms with Crippen LogP contribution < -0.4 is 10.2 Å². The van der Waals surface area contributed by atoms with Gasteiger partial charge in [0.2, 0.25) is 5.91 Å². The molecule has 2 heterocycles. The van der Waals surface area contributed by atoms with Crippen molar-refractivity contribution in [2.45, 2.75) is 20.0 Å². The Hall–Kier alpha value is -3.27. The number of carbonyl (C=O) groups is 1. The summed E-state index contributed by atoms with van der Waals surface area (Å²) in [5.41, 5.74) is 5.24. The molecule has 1 amide bonds. The topological polar surface area (TPSA) is 45.5 Å². The standard InChI is InChI=1S/C22H20N2O2/c1-16(25)24-15-19-10-11-20(23-14-21-6-4-12-26-21)13-18(19)9-8-17-5-2-3-7-22(17)24/h2-13,23H,14-15H2,1H3/b9-8-. The molecule has 0 spiro atoms. The zero-order valence-electron chi connectivity index (χ0n) is 14.6. The van der Waals surface area contributed by atoms with Crippen LogP contribution in [0.1, 0.15) is 29.4 Å². The summed E-state index contributed by atoms with van der Waals surface area (Å²) in [5.74, 6) is 0.933. The van der Waals surface area contributed by atoms with Gasteiger partial charge in [-0.3, -0.25) is 4.79 Å². The lowest BCUT2D eigenvalue weighted by Crippen LogP contribution is -2.29. The fourth-order valence-electron chi connectivity index (χ4n) is 3.20. The van der Waals surface area contributed by atoms with E-state index in [2.05, 4.69) is 29.6 Å². The Kier molecular flexibility index (Phi) is 4.32. The maximum absolute atomic E-state index is 12.2. The molecule has 2 aromatic carbocycles. The van der Waals surface area contributed by atoms with Crippen molar-refractivity contribution in [3.8, 4) is 0 Å². The molecule has 0 atom stereocenters. The molecule has 26 heavy (non-hydrogen) atoms. The van der Waals surface area contributed by atoms with Crippen molar-refractivity contribution in [1.82, 2.24) is 0 Å². The van der Waals surface area contributed by atoms with Crippen molar-refractivity contribution in [1.29, 1.82) is 0 Å². The van der Waals surface area contributed by atoms with Crippen LogP contribution in [0.2, 0.25) is 0 Å². The number of fused-ring (bicyclic) bond motifs is 2. The Balaban J connectivity index is 1.66. The summed E-state index contributed by atoms with van der Waals surface area (Å²) in [5, 5.41) is 3.38. The first-order valence-corrected chi connectivity index (χ1v) is 8.65. The Morgan fingerprint density at radius 1 is 1.08 bits per heavy atom. The third kappa shape index (κ3) is 3.26. The lowest BCUT2D eigenvalue weighted by atomic mass is 10.0. The number of hydrogen-bond acceptors (Lipinski definition) is 3. The Morgan fingerprint density at radius 3 is 2.73 bits per heavy atom. The molecule has 0 saturated carbocycles. The molecule has 0 bridgehead atoms. The quantitative estimate of drug-likeness (QED) is 0.733. The van der Waals surface area contributed by atoms with Gasteiger partial charge in [0.1, 0.15) is 5.76 Å². The largest absolute Gasteiger partial charge is 0.467 e. The van der Waals surface area contributed by atoms with Crippen LogP contribution in [0, 0.1) is 0 Å². The van der Waals surface area contributed by atoms with E-state index in [4.69, 9.17) is 4.42 Å². The van der Waals surface area contributed by atoms with Crippen LogP contribution in [0.4, 0.5) is 11.4 Å². The van der Waals surface area contributed by atoms with E-state index in [0.29, 0.717) is 13.1 Å². The summed E-state index contributed by atoms with van der Waals surface area (Å²) in [4.78, 5) is 14.0. The summed E-state index contributed by atoms with van der Waals surface area (Å²) < 4.78 is 5.36. The van der Waals surface area contributed by atoms with Crippen LogP contribution in [0.5, 0.6) is 0 Å². The minimum atomic E-state index is 0.0405. The maximum atomic E-state index is 12.2. The number of benzene rings is 2. The Bertz CT molecular complexity index is 958. The smallest absolute Gasteiger partial charge is 0.224 e. The molecule has 130 valence electrons. The van der Waals surface area contributed by atoms with Crippen LogP contribution in [0.15, 0.2) is 65.3 Å². The second kappa shape index (κ2) is 6.92. The van der Waals surface area contributed by atoms with E-state index >= 15 is 0 Å². The third-order valence-electron chi connectivity index (χ3n) is 4.57. The molecule has 1 N–H and O–H groups in total. The van der Waals surface area contributed by atoms with Crippen molar-refractivity contribution < 1.29 is 9.21 Å². The third-order valence-corrected chi connectivity index (χ3v) is 4.57. The SMILES string of the molecule is CC(=O)N1Cc2ccc(NCc3ccco3)cc2/C=C\c2ccccc21. The number of para-hydroxylation sites is 1. The number of hydrogen-bond donors (Lipinski definition) is 1. The van der Waals surface area contributed by atoms with E-state index in [1.54, 1.807) is 13.2 Å². The second-order valence-electron chi connectivity index (χ2n) is 6.34. The monoisotopic (exact) mass is 344 g/mol. The highest BCUT2D eigenvalue weighted by atomic mass is 16.3. The average Bonchev–Trinajstić information content (AvgIpc) is 3.15. The van der Waals surface area contributed by atoms with Gasteiger partial charge in [0, 0.05) is 12.6 Å². The minimum Gasteiger partial charge on any atom is -0.467 e. The van der Waals surface area contributed by atoms with Crippen molar-refractivity contribution in [3.63, 3.8) is 0 Å². The Morgan fingerprint density at radius 2 is 1.92 bits per heavy atom. The zero-order chi connectivity index (χ0) is 17.9. The predicted octanol–water partition coefficient (Wildman–Crippen LogP) is 4.93. The molecule has 3 aromatic rings. The normalized spacial score (nSPS) is 14.0. The molecule has 4 rings (SSSR count). The van der Waals surface area contributed by atoms with Crippen LogP contribution in [0.3, 0.4) is 0 Å². The van der Waals surface area contributed by atoms with Crippen molar-refractivity contribution in [3.05, 3.63) is 83.3 Å². The van der Waals surface area contributed by atoms with Gasteiger partial charge in [-0.05, 0) is 47.0 Å². The highest BCUT2D eigenvalue weighted by molar-refractivity contribution is 5.95. The highest BCUT2D eigenvalue weighted by Crippen LogP contribution is 2.30. The second-order valence-corrected chi connectivity index (χ2v) is 6.34. The molecule has 4 heteroatoms. The van der Waals surface area contributed by atoms with Crippen LogP contribution >= 0.6 is 0 Å². The summed E-state index contributed by atoms with van der Waals surface area (Å²) >= 11 is 0. The molecule has 0 radical (unpaired) electrons. The lowest BCUT2D eigenvalue weighted by molar-refractivity contribution is -0.116. The zero-order valence-corrected chi connectivity index (χ0v) is 14.6. The summed E-state index contributed by atoms with van der Waals surface area (Å²) in [6, 6.07) is 18.0. The van der Waals surface area contributed by atoms with Crippen LogP contribution in [0.25, 0.3) is 12.2 Å². The van der Waals surface area contributed by atoms with Gasteiger partial charge in [-0.2, -0.15) is 0 Å². The molecular formula is C22H20N2O2. The van der Waals surface area contributed by atoms with Gasteiger partial charge in [0.05, 0.1) is 25.0 Å². The van der Waals surface area contributed by atoms with Gasteiger partial charge in [0.25, 0.3) is 0 Å². The Labute approximate surface area is 152 Å². The minimum absolute atomic E-state index is 0.0405. The molecule has 0 aliphatic carbocycles. The van der Waals surface area contributed by atoms with E-state index < -0.39 is 0 Å². The summed E-state index contributed by atoms with van der Waals surface area (Å²) in [7, 11) is 0.